The topological polar surface area (TPSA) is 87.4 Å². The second-order valence-electron chi connectivity index (χ2n) is 6.38. The first-order valence-corrected chi connectivity index (χ1v) is 9.25. The van der Waals surface area contributed by atoms with Gasteiger partial charge in [-0.2, -0.15) is 0 Å². The SMILES string of the molecule is CCC1=C(c2ncc(-c3ccccc3)o2)C(c2ccc(O)c(Cl)c2)NC(=O)N1. The lowest BCUT2D eigenvalue weighted by atomic mass is 9.94. The number of hydrogen-bond acceptors (Lipinski definition) is 4. The molecule has 6 nitrogen and oxygen atoms in total. The third kappa shape index (κ3) is 3.34. The van der Waals surface area contributed by atoms with E-state index in [1.807, 2.05) is 37.3 Å². The fraction of sp³-hybridized carbons (Fsp3) is 0.143. The van der Waals surface area contributed by atoms with E-state index in [0.29, 0.717) is 18.1 Å². The molecule has 0 fully saturated rings. The number of amides is 2. The summed E-state index contributed by atoms with van der Waals surface area (Å²) in [6, 6.07) is 13.7. The van der Waals surface area contributed by atoms with Crippen LogP contribution in [0, 0.1) is 0 Å². The maximum atomic E-state index is 12.2. The maximum Gasteiger partial charge on any atom is 0.319 e. The Bertz CT molecular complexity index is 1060. The molecular formula is C21H18ClN3O3. The van der Waals surface area contributed by atoms with Crippen LogP contribution < -0.4 is 10.6 Å². The van der Waals surface area contributed by atoms with Gasteiger partial charge in [-0.15, -0.1) is 0 Å². The van der Waals surface area contributed by atoms with E-state index in [1.54, 1.807) is 18.3 Å². The second kappa shape index (κ2) is 7.40. The van der Waals surface area contributed by atoms with E-state index < -0.39 is 6.04 Å². The van der Waals surface area contributed by atoms with Gasteiger partial charge in [0.1, 0.15) is 5.75 Å². The molecule has 2 aromatic carbocycles. The Morgan fingerprint density at radius 1 is 1.21 bits per heavy atom. The van der Waals surface area contributed by atoms with Crippen molar-refractivity contribution in [3.8, 4) is 17.1 Å². The van der Waals surface area contributed by atoms with Gasteiger partial charge in [-0.3, -0.25) is 0 Å². The van der Waals surface area contributed by atoms with Crippen molar-refractivity contribution in [2.75, 3.05) is 0 Å². The predicted molar refractivity (Wildman–Crippen MR) is 107 cm³/mol. The molecular weight excluding hydrogens is 378 g/mol. The van der Waals surface area contributed by atoms with E-state index in [9.17, 15) is 9.90 Å². The van der Waals surface area contributed by atoms with E-state index in [1.165, 1.54) is 6.07 Å². The number of phenolic OH excluding ortho intramolecular Hbond substituents is 1. The van der Waals surface area contributed by atoms with Gasteiger partial charge < -0.3 is 20.2 Å². The van der Waals surface area contributed by atoms with Crippen LogP contribution in [0.1, 0.15) is 30.8 Å². The lowest BCUT2D eigenvalue weighted by molar-refractivity contribution is 0.239. The molecule has 0 spiro atoms. The van der Waals surface area contributed by atoms with Gasteiger partial charge in [0.05, 0.1) is 22.8 Å². The standard InChI is InChI=1S/C21H18ClN3O3/c1-2-15-18(20-23-11-17(28-20)12-6-4-3-5-7-12)19(25-21(27)24-15)13-8-9-16(26)14(22)10-13/h3-11,19,26H,2H2,1H3,(H2,24,25,27). The highest BCUT2D eigenvalue weighted by Crippen LogP contribution is 2.38. The van der Waals surface area contributed by atoms with Crippen molar-refractivity contribution >= 4 is 23.2 Å². The molecule has 0 aliphatic carbocycles. The number of urea groups is 1. The van der Waals surface area contributed by atoms with Gasteiger partial charge in [0.25, 0.3) is 0 Å². The van der Waals surface area contributed by atoms with Crippen LogP contribution >= 0.6 is 11.6 Å². The first-order chi connectivity index (χ1) is 13.6. The molecule has 3 aromatic rings. The molecule has 1 aliphatic rings. The van der Waals surface area contributed by atoms with E-state index in [0.717, 1.165) is 22.4 Å². The number of aromatic nitrogens is 1. The van der Waals surface area contributed by atoms with E-state index in [-0.39, 0.29) is 16.8 Å². The number of nitrogens with one attached hydrogen (secondary N) is 2. The zero-order valence-electron chi connectivity index (χ0n) is 15.1. The number of aromatic hydroxyl groups is 1. The highest BCUT2D eigenvalue weighted by molar-refractivity contribution is 6.32. The highest BCUT2D eigenvalue weighted by Gasteiger charge is 2.32. The van der Waals surface area contributed by atoms with Crippen LogP contribution in [0.5, 0.6) is 5.75 Å². The fourth-order valence-electron chi connectivity index (χ4n) is 3.24. The Morgan fingerprint density at radius 3 is 2.71 bits per heavy atom. The van der Waals surface area contributed by atoms with Crippen LogP contribution in [0.2, 0.25) is 5.02 Å². The Hall–Kier alpha value is -3.25. The number of carbonyl (C=O) groups excluding carboxylic acids is 1. The van der Waals surface area contributed by atoms with Crippen molar-refractivity contribution in [2.45, 2.75) is 19.4 Å². The summed E-state index contributed by atoms with van der Waals surface area (Å²) in [5.41, 5.74) is 3.08. The van der Waals surface area contributed by atoms with Crippen molar-refractivity contribution in [2.24, 2.45) is 0 Å². The maximum absolute atomic E-state index is 12.2. The minimum Gasteiger partial charge on any atom is -0.506 e. The Balaban J connectivity index is 1.81. The molecule has 0 saturated carbocycles. The first-order valence-electron chi connectivity index (χ1n) is 8.87. The summed E-state index contributed by atoms with van der Waals surface area (Å²) in [6.07, 6.45) is 2.26. The number of phenols is 1. The highest BCUT2D eigenvalue weighted by atomic mass is 35.5. The Kier molecular flexibility index (Phi) is 4.79. The van der Waals surface area contributed by atoms with Crippen molar-refractivity contribution in [3.05, 3.63) is 76.9 Å². The van der Waals surface area contributed by atoms with E-state index >= 15 is 0 Å². The molecule has 1 atom stereocenters. The van der Waals surface area contributed by atoms with E-state index in [4.69, 9.17) is 16.0 Å². The minimum absolute atomic E-state index is 0.0191. The predicted octanol–water partition coefficient (Wildman–Crippen LogP) is 4.88. The van der Waals surface area contributed by atoms with Gasteiger partial charge in [0.15, 0.2) is 5.76 Å². The van der Waals surface area contributed by atoms with Gasteiger partial charge in [0.2, 0.25) is 5.89 Å². The molecule has 2 amide bonds. The average Bonchev–Trinajstić information content (AvgIpc) is 3.19. The third-order valence-electron chi connectivity index (χ3n) is 4.61. The Morgan fingerprint density at radius 2 is 2.00 bits per heavy atom. The number of allylic oxidation sites excluding steroid dienone is 1. The quantitative estimate of drug-likeness (QED) is 0.587. The normalized spacial score (nSPS) is 16.6. The summed E-state index contributed by atoms with van der Waals surface area (Å²) < 4.78 is 6.04. The molecule has 28 heavy (non-hydrogen) atoms. The summed E-state index contributed by atoms with van der Waals surface area (Å²) in [5.74, 6) is 1.03. The largest absolute Gasteiger partial charge is 0.506 e. The van der Waals surface area contributed by atoms with Crippen LogP contribution in [-0.2, 0) is 0 Å². The van der Waals surface area contributed by atoms with Crippen molar-refractivity contribution in [1.29, 1.82) is 0 Å². The van der Waals surface area contributed by atoms with Crippen LogP contribution in [-0.4, -0.2) is 16.1 Å². The van der Waals surface area contributed by atoms with Gasteiger partial charge >= 0.3 is 6.03 Å². The van der Waals surface area contributed by atoms with Crippen LogP contribution in [0.25, 0.3) is 16.9 Å². The lowest BCUT2D eigenvalue weighted by Gasteiger charge is -2.29. The van der Waals surface area contributed by atoms with E-state index in [2.05, 4.69) is 15.6 Å². The monoisotopic (exact) mass is 395 g/mol. The van der Waals surface area contributed by atoms with Gasteiger partial charge in [-0.1, -0.05) is 54.9 Å². The molecule has 7 heteroatoms. The summed E-state index contributed by atoms with van der Waals surface area (Å²) in [4.78, 5) is 16.6. The molecule has 0 saturated heterocycles. The molecule has 1 aliphatic heterocycles. The number of halogens is 1. The zero-order valence-corrected chi connectivity index (χ0v) is 15.8. The summed E-state index contributed by atoms with van der Waals surface area (Å²) in [7, 11) is 0. The van der Waals surface area contributed by atoms with Gasteiger partial charge in [-0.25, -0.2) is 9.78 Å². The summed E-state index contributed by atoms with van der Waals surface area (Å²) in [5, 5.41) is 15.7. The molecule has 0 radical (unpaired) electrons. The summed E-state index contributed by atoms with van der Waals surface area (Å²) in [6.45, 7) is 1.95. The average molecular weight is 396 g/mol. The third-order valence-corrected chi connectivity index (χ3v) is 4.91. The van der Waals surface area contributed by atoms with Gasteiger partial charge in [-0.05, 0) is 24.1 Å². The number of rotatable bonds is 4. The van der Waals surface area contributed by atoms with Crippen LogP contribution in [0.4, 0.5) is 4.79 Å². The number of carbonyl (C=O) groups is 1. The van der Waals surface area contributed by atoms with Crippen molar-refractivity contribution in [3.63, 3.8) is 0 Å². The molecule has 2 heterocycles. The minimum atomic E-state index is -0.510. The molecule has 1 aromatic heterocycles. The number of oxazole rings is 1. The number of hydrogen-bond donors (Lipinski definition) is 3. The second-order valence-corrected chi connectivity index (χ2v) is 6.79. The zero-order chi connectivity index (χ0) is 19.7. The fourth-order valence-corrected chi connectivity index (χ4v) is 3.43. The van der Waals surface area contributed by atoms with Crippen LogP contribution in [0.3, 0.4) is 0 Å². The first kappa shape index (κ1) is 18.1. The Labute approximate surface area is 166 Å². The van der Waals surface area contributed by atoms with Crippen molar-refractivity contribution < 1.29 is 14.3 Å². The molecule has 1 unspecified atom stereocenters. The molecule has 4 rings (SSSR count). The lowest BCUT2D eigenvalue weighted by Crippen LogP contribution is -2.43. The summed E-state index contributed by atoms with van der Waals surface area (Å²) >= 11 is 6.08. The molecule has 3 N–H and O–H groups in total. The number of benzene rings is 2. The number of nitrogens with zero attached hydrogens (tertiary/aromatic N) is 1. The molecule has 142 valence electrons. The smallest absolute Gasteiger partial charge is 0.319 e. The van der Waals surface area contributed by atoms with Crippen molar-refractivity contribution in [1.82, 2.24) is 15.6 Å². The molecule has 0 bridgehead atoms. The van der Waals surface area contributed by atoms with Crippen LogP contribution in [0.15, 0.2) is 64.8 Å². The van der Waals surface area contributed by atoms with Gasteiger partial charge in [0, 0.05) is 11.3 Å².